The van der Waals surface area contributed by atoms with Crippen LogP contribution in [0, 0.1) is 0 Å². The van der Waals surface area contributed by atoms with Crippen LogP contribution in [-0.2, 0) is 9.53 Å². The van der Waals surface area contributed by atoms with Gasteiger partial charge in [-0.25, -0.2) is 4.98 Å². The summed E-state index contributed by atoms with van der Waals surface area (Å²) >= 11 is 1.53. The van der Waals surface area contributed by atoms with Crippen LogP contribution in [0.3, 0.4) is 0 Å². The number of anilines is 1. The average molecular weight is 262 g/mol. The lowest BCUT2D eigenvalue weighted by atomic mass is 10.2. The molecule has 1 amide bonds. The van der Waals surface area contributed by atoms with Gasteiger partial charge in [-0.15, -0.1) is 0 Å². The van der Waals surface area contributed by atoms with E-state index in [1.807, 2.05) is 24.3 Å². The SMILES string of the molecule is CN(C(=O)C1CCCO1)c1nc2ccccc2s1. The van der Waals surface area contributed by atoms with E-state index in [1.54, 1.807) is 11.9 Å². The third-order valence-corrected chi connectivity index (χ3v) is 4.22. The van der Waals surface area contributed by atoms with Crippen LogP contribution in [0.1, 0.15) is 12.8 Å². The Morgan fingerprint density at radius 2 is 2.33 bits per heavy atom. The molecular weight excluding hydrogens is 248 g/mol. The van der Waals surface area contributed by atoms with E-state index in [2.05, 4.69) is 4.98 Å². The van der Waals surface area contributed by atoms with E-state index < -0.39 is 0 Å². The van der Waals surface area contributed by atoms with Crippen LogP contribution in [0.25, 0.3) is 10.2 Å². The molecule has 5 heteroatoms. The summed E-state index contributed by atoms with van der Waals surface area (Å²) in [5, 5.41) is 0.733. The standard InChI is InChI=1S/C13H14N2O2S/c1-15(12(16)10-6-4-8-17-10)13-14-9-5-2-3-7-11(9)18-13/h2-3,5,7,10H,4,6,8H2,1H3. The number of aromatic nitrogens is 1. The van der Waals surface area contributed by atoms with Crippen molar-refractivity contribution in [2.75, 3.05) is 18.6 Å². The predicted molar refractivity (Wildman–Crippen MR) is 72.0 cm³/mol. The van der Waals surface area contributed by atoms with Gasteiger partial charge in [0.15, 0.2) is 5.13 Å². The highest BCUT2D eigenvalue weighted by atomic mass is 32.1. The molecule has 1 aliphatic rings. The zero-order valence-corrected chi connectivity index (χ0v) is 10.9. The first-order valence-electron chi connectivity index (χ1n) is 6.00. The third kappa shape index (κ3) is 2.00. The fourth-order valence-corrected chi connectivity index (χ4v) is 3.02. The number of hydrogen-bond acceptors (Lipinski definition) is 4. The average Bonchev–Trinajstić information content (AvgIpc) is 3.05. The van der Waals surface area contributed by atoms with Crippen LogP contribution >= 0.6 is 11.3 Å². The van der Waals surface area contributed by atoms with Crippen LogP contribution in [0.2, 0.25) is 0 Å². The highest BCUT2D eigenvalue weighted by Crippen LogP contribution is 2.29. The van der Waals surface area contributed by atoms with Gasteiger partial charge in [0.2, 0.25) is 0 Å². The summed E-state index contributed by atoms with van der Waals surface area (Å²) in [6, 6.07) is 7.90. The van der Waals surface area contributed by atoms with Crippen molar-refractivity contribution in [3.8, 4) is 0 Å². The quantitative estimate of drug-likeness (QED) is 0.834. The molecule has 1 saturated heterocycles. The molecule has 1 aliphatic heterocycles. The molecule has 1 atom stereocenters. The topological polar surface area (TPSA) is 42.4 Å². The Kier molecular flexibility index (Phi) is 3.01. The van der Waals surface area contributed by atoms with Crippen molar-refractivity contribution < 1.29 is 9.53 Å². The second kappa shape index (κ2) is 4.66. The summed E-state index contributed by atoms with van der Waals surface area (Å²) in [5.41, 5.74) is 0.935. The molecule has 0 spiro atoms. The maximum atomic E-state index is 12.2. The minimum Gasteiger partial charge on any atom is -0.368 e. The molecule has 1 aromatic heterocycles. The molecule has 1 unspecified atom stereocenters. The van der Waals surface area contributed by atoms with Gasteiger partial charge in [0.05, 0.1) is 10.2 Å². The minimum atomic E-state index is -0.290. The van der Waals surface area contributed by atoms with E-state index in [0.29, 0.717) is 6.61 Å². The van der Waals surface area contributed by atoms with E-state index in [1.165, 1.54) is 11.3 Å². The third-order valence-electron chi connectivity index (χ3n) is 3.11. The van der Waals surface area contributed by atoms with Gasteiger partial charge in [0, 0.05) is 13.7 Å². The Morgan fingerprint density at radius 1 is 1.50 bits per heavy atom. The fourth-order valence-electron chi connectivity index (χ4n) is 2.09. The monoisotopic (exact) mass is 262 g/mol. The first-order valence-corrected chi connectivity index (χ1v) is 6.82. The van der Waals surface area contributed by atoms with E-state index in [4.69, 9.17) is 4.74 Å². The van der Waals surface area contributed by atoms with Gasteiger partial charge in [-0.05, 0) is 25.0 Å². The lowest BCUT2D eigenvalue weighted by molar-refractivity contribution is -0.127. The van der Waals surface area contributed by atoms with Crippen molar-refractivity contribution in [2.45, 2.75) is 18.9 Å². The van der Waals surface area contributed by atoms with Gasteiger partial charge in [-0.1, -0.05) is 23.5 Å². The van der Waals surface area contributed by atoms with Crippen LogP contribution in [0.5, 0.6) is 0 Å². The summed E-state index contributed by atoms with van der Waals surface area (Å²) in [5.74, 6) is 0.00607. The van der Waals surface area contributed by atoms with E-state index in [9.17, 15) is 4.79 Å². The van der Waals surface area contributed by atoms with E-state index >= 15 is 0 Å². The minimum absolute atomic E-state index is 0.00607. The molecule has 94 valence electrons. The van der Waals surface area contributed by atoms with Crippen molar-refractivity contribution >= 4 is 32.6 Å². The van der Waals surface area contributed by atoms with Crippen molar-refractivity contribution in [1.29, 1.82) is 0 Å². The Hall–Kier alpha value is -1.46. The number of para-hydroxylation sites is 1. The zero-order chi connectivity index (χ0) is 12.5. The number of carbonyl (C=O) groups excluding carboxylic acids is 1. The number of fused-ring (bicyclic) bond motifs is 1. The number of ether oxygens (including phenoxy) is 1. The lowest BCUT2D eigenvalue weighted by Gasteiger charge is -2.17. The second-order valence-electron chi connectivity index (χ2n) is 4.36. The van der Waals surface area contributed by atoms with Gasteiger partial charge < -0.3 is 4.74 Å². The molecule has 3 rings (SSSR count). The van der Waals surface area contributed by atoms with E-state index in [-0.39, 0.29) is 12.0 Å². The summed E-state index contributed by atoms with van der Waals surface area (Å²) in [7, 11) is 1.77. The van der Waals surface area contributed by atoms with Gasteiger partial charge in [-0.3, -0.25) is 9.69 Å². The van der Waals surface area contributed by atoms with Crippen LogP contribution < -0.4 is 4.90 Å². The largest absolute Gasteiger partial charge is 0.368 e. The van der Waals surface area contributed by atoms with Gasteiger partial charge in [0.1, 0.15) is 6.10 Å². The number of rotatable bonds is 2. The van der Waals surface area contributed by atoms with Crippen molar-refractivity contribution in [1.82, 2.24) is 4.98 Å². The highest BCUT2D eigenvalue weighted by Gasteiger charge is 2.28. The number of likely N-dealkylation sites (N-methyl/N-ethyl adjacent to an activating group) is 1. The maximum absolute atomic E-state index is 12.2. The summed E-state index contributed by atoms with van der Waals surface area (Å²) in [6.45, 7) is 0.685. The number of amides is 1. The van der Waals surface area contributed by atoms with Crippen LogP contribution in [-0.4, -0.2) is 30.6 Å². The highest BCUT2D eigenvalue weighted by molar-refractivity contribution is 7.22. The molecule has 1 aromatic carbocycles. The fraction of sp³-hybridized carbons (Fsp3) is 0.385. The summed E-state index contributed by atoms with van der Waals surface area (Å²) in [6.07, 6.45) is 1.49. The number of thiazole rings is 1. The Labute approximate surface area is 109 Å². The molecule has 0 saturated carbocycles. The number of benzene rings is 1. The molecule has 0 N–H and O–H groups in total. The lowest BCUT2D eigenvalue weighted by Crippen LogP contribution is -2.35. The first kappa shape index (κ1) is 11.6. The molecule has 0 aliphatic carbocycles. The smallest absolute Gasteiger partial charge is 0.257 e. The van der Waals surface area contributed by atoms with Crippen molar-refractivity contribution in [3.63, 3.8) is 0 Å². The van der Waals surface area contributed by atoms with Gasteiger partial charge >= 0.3 is 0 Å². The Morgan fingerprint density at radius 3 is 3.06 bits per heavy atom. The van der Waals surface area contributed by atoms with Gasteiger partial charge in [-0.2, -0.15) is 0 Å². The zero-order valence-electron chi connectivity index (χ0n) is 10.1. The molecule has 1 fully saturated rings. The summed E-state index contributed by atoms with van der Waals surface area (Å²) in [4.78, 5) is 18.3. The van der Waals surface area contributed by atoms with Crippen molar-refractivity contribution in [2.24, 2.45) is 0 Å². The van der Waals surface area contributed by atoms with Gasteiger partial charge in [0.25, 0.3) is 5.91 Å². The number of carbonyl (C=O) groups is 1. The normalized spacial score (nSPS) is 19.3. The van der Waals surface area contributed by atoms with Crippen molar-refractivity contribution in [3.05, 3.63) is 24.3 Å². The molecule has 4 nitrogen and oxygen atoms in total. The molecule has 2 aromatic rings. The second-order valence-corrected chi connectivity index (χ2v) is 5.37. The molecular formula is C13H14N2O2S. The first-order chi connectivity index (χ1) is 8.75. The number of nitrogens with zero attached hydrogens (tertiary/aromatic N) is 2. The molecule has 0 radical (unpaired) electrons. The van der Waals surface area contributed by atoms with E-state index in [0.717, 1.165) is 28.2 Å². The molecule has 2 heterocycles. The Balaban J connectivity index is 1.86. The maximum Gasteiger partial charge on any atom is 0.257 e. The molecule has 0 bridgehead atoms. The van der Waals surface area contributed by atoms with Crippen LogP contribution in [0.15, 0.2) is 24.3 Å². The number of hydrogen-bond donors (Lipinski definition) is 0. The predicted octanol–water partition coefficient (Wildman–Crippen LogP) is 2.44. The summed E-state index contributed by atoms with van der Waals surface area (Å²) < 4.78 is 6.51. The van der Waals surface area contributed by atoms with Crippen LogP contribution in [0.4, 0.5) is 5.13 Å². The molecule has 18 heavy (non-hydrogen) atoms. The Bertz CT molecular complexity index is 542.